The zero-order valence-electron chi connectivity index (χ0n) is 18.4. The van der Waals surface area contributed by atoms with E-state index in [1.807, 2.05) is 45.0 Å². The van der Waals surface area contributed by atoms with E-state index in [1.165, 1.54) is 27.7 Å². The molecular weight excluding hydrogens is 410 g/mol. The molecule has 0 aliphatic carbocycles. The number of nitrogens with zero attached hydrogens (tertiary/aromatic N) is 4. The van der Waals surface area contributed by atoms with Crippen LogP contribution in [0.5, 0.6) is 5.75 Å². The predicted octanol–water partition coefficient (Wildman–Crippen LogP) is 1.81. The van der Waals surface area contributed by atoms with Gasteiger partial charge in [-0.1, -0.05) is 13.8 Å². The highest BCUT2D eigenvalue weighted by Gasteiger charge is 2.09. The number of hydrogen-bond acceptors (Lipinski definition) is 6. The van der Waals surface area contributed by atoms with Crippen molar-refractivity contribution in [3.05, 3.63) is 75.2 Å². The molecule has 168 valence electrons. The summed E-state index contributed by atoms with van der Waals surface area (Å²) >= 11 is 0. The lowest BCUT2D eigenvalue weighted by atomic mass is 10.1. The van der Waals surface area contributed by atoms with Gasteiger partial charge < -0.3 is 10.1 Å². The number of amides is 1. The van der Waals surface area contributed by atoms with E-state index in [-0.39, 0.29) is 42.6 Å². The van der Waals surface area contributed by atoms with Gasteiger partial charge in [-0.15, -0.1) is 0 Å². The largest absolute Gasteiger partial charge is 0.494 e. The van der Waals surface area contributed by atoms with Gasteiger partial charge in [0.05, 0.1) is 30.9 Å². The Hall–Kier alpha value is -3.75. The summed E-state index contributed by atoms with van der Waals surface area (Å²) in [6, 6.07) is 12.0. The molecule has 0 saturated heterocycles. The van der Waals surface area contributed by atoms with Crippen molar-refractivity contribution in [2.75, 3.05) is 13.2 Å². The monoisotopic (exact) mass is 437 g/mol. The summed E-state index contributed by atoms with van der Waals surface area (Å²) in [6.45, 7) is 6.65. The average molecular weight is 438 g/mol. The van der Waals surface area contributed by atoms with Crippen LogP contribution >= 0.6 is 0 Å². The Morgan fingerprint density at radius 1 is 1.09 bits per heavy atom. The molecule has 0 bridgehead atoms. The van der Waals surface area contributed by atoms with Crippen molar-refractivity contribution in [2.45, 2.75) is 39.8 Å². The van der Waals surface area contributed by atoms with Gasteiger partial charge in [0.15, 0.2) is 0 Å². The van der Waals surface area contributed by atoms with E-state index in [0.717, 1.165) is 11.3 Å². The molecule has 1 N–H and O–H groups in total. The third-order valence-corrected chi connectivity index (χ3v) is 4.78. The Morgan fingerprint density at radius 3 is 2.50 bits per heavy atom. The number of rotatable bonds is 9. The fourth-order valence-electron chi connectivity index (χ4n) is 3.04. The Labute approximate surface area is 185 Å². The molecule has 0 fully saturated rings. The van der Waals surface area contributed by atoms with E-state index in [1.54, 1.807) is 6.07 Å². The minimum absolute atomic E-state index is 0.135. The van der Waals surface area contributed by atoms with Crippen LogP contribution < -0.4 is 21.2 Å². The van der Waals surface area contributed by atoms with Gasteiger partial charge in [-0.2, -0.15) is 5.10 Å². The Balaban J connectivity index is 1.60. The molecule has 1 aromatic carbocycles. The molecule has 0 aliphatic rings. The van der Waals surface area contributed by atoms with E-state index in [9.17, 15) is 14.4 Å². The highest BCUT2D eigenvalue weighted by Crippen LogP contribution is 2.19. The second-order valence-corrected chi connectivity index (χ2v) is 7.52. The SMILES string of the molecule is CCOc1ccc(-c2ccc(=O)n(CCNC(=O)Cn3cnc(C(C)C)cc3=O)n2)cc1. The zero-order chi connectivity index (χ0) is 23.1. The van der Waals surface area contributed by atoms with Crippen LogP contribution in [-0.4, -0.2) is 38.4 Å². The smallest absolute Gasteiger partial charge is 0.266 e. The third-order valence-electron chi connectivity index (χ3n) is 4.78. The first kappa shape index (κ1) is 22.9. The van der Waals surface area contributed by atoms with Crippen LogP contribution in [0.15, 0.2) is 58.4 Å². The molecule has 1 amide bonds. The highest BCUT2D eigenvalue weighted by atomic mass is 16.5. The van der Waals surface area contributed by atoms with Gasteiger partial charge in [0.1, 0.15) is 12.3 Å². The minimum Gasteiger partial charge on any atom is -0.494 e. The molecule has 0 saturated carbocycles. The van der Waals surface area contributed by atoms with Gasteiger partial charge >= 0.3 is 0 Å². The van der Waals surface area contributed by atoms with Crippen molar-refractivity contribution >= 4 is 5.91 Å². The summed E-state index contributed by atoms with van der Waals surface area (Å²) in [7, 11) is 0. The number of carbonyl (C=O) groups excluding carboxylic acids is 1. The van der Waals surface area contributed by atoms with Gasteiger partial charge in [0, 0.05) is 24.2 Å². The first-order valence-corrected chi connectivity index (χ1v) is 10.5. The van der Waals surface area contributed by atoms with Crippen LogP contribution in [0, 0.1) is 0 Å². The predicted molar refractivity (Wildman–Crippen MR) is 121 cm³/mol. The van der Waals surface area contributed by atoms with Gasteiger partial charge in [-0.25, -0.2) is 9.67 Å². The van der Waals surface area contributed by atoms with Crippen molar-refractivity contribution in [2.24, 2.45) is 0 Å². The molecule has 0 aliphatic heterocycles. The van der Waals surface area contributed by atoms with E-state index >= 15 is 0 Å². The Kier molecular flexibility index (Phi) is 7.54. The minimum atomic E-state index is -0.345. The van der Waals surface area contributed by atoms with Crippen LogP contribution in [0.1, 0.15) is 32.4 Å². The normalized spacial score (nSPS) is 10.9. The second kappa shape index (κ2) is 10.5. The number of ether oxygens (including phenoxy) is 1. The molecule has 9 nitrogen and oxygen atoms in total. The van der Waals surface area contributed by atoms with Crippen molar-refractivity contribution in [3.63, 3.8) is 0 Å². The van der Waals surface area contributed by atoms with E-state index in [0.29, 0.717) is 18.0 Å². The quantitative estimate of drug-likeness (QED) is 0.547. The summed E-state index contributed by atoms with van der Waals surface area (Å²) in [5, 5.41) is 7.10. The highest BCUT2D eigenvalue weighted by molar-refractivity contribution is 5.75. The topological polar surface area (TPSA) is 108 Å². The molecule has 9 heteroatoms. The first-order chi connectivity index (χ1) is 15.4. The number of hydrogen-bond donors (Lipinski definition) is 1. The van der Waals surface area contributed by atoms with Crippen LogP contribution in [0.3, 0.4) is 0 Å². The fraction of sp³-hybridized carbons (Fsp3) is 0.348. The molecule has 32 heavy (non-hydrogen) atoms. The summed E-state index contributed by atoms with van der Waals surface area (Å²) in [4.78, 5) is 40.7. The lowest BCUT2D eigenvalue weighted by molar-refractivity contribution is -0.121. The summed E-state index contributed by atoms with van der Waals surface area (Å²) in [5.41, 5.74) is 1.63. The van der Waals surface area contributed by atoms with Gasteiger partial charge in [-0.05, 0) is 43.2 Å². The average Bonchev–Trinajstić information content (AvgIpc) is 2.77. The van der Waals surface area contributed by atoms with Gasteiger partial charge in [0.2, 0.25) is 5.91 Å². The second-order valence-electron chi connectivity index (χ2n) is 7.52. The summed E-state index contributed by atoms with van der Waals surface area (Å²) in [6.07, 6.45) is 1.38. The standard InChI is InChI=1S/C23H27N5O4/c1-4-32-18-7-5-17(6-8-18)19-9-10-22(30)28(26-19)12-11-24-21(29)14-27-15-25-20(16(2)3)13-23(27)31/h5-10,13,15-16H,4,11-12,14H2,1-3H3,(H,24,29). The molecule has 3 aromatic rings. The molecule has 0 radical (unpaired) electrons. The lowest BCUT2D eigenvalue weighted by Crippen LogP contribution is -2.36. The summed E-state index contributed by atoms with van der Waals surface area (Å²) < 4.78 is 7.99. The molecule has 2 aromatic heterocycles. The van der Waals surface area contributed by atoms with E-state index < -0.39 is 0 Å². The maximum Gasteiger partial charge on any atom is 0.266 e. The summed E-state index contributed by atoms with van der Waals surface area (Å²) in [5.74, 6) is 0.553. The molecule has 3 rings (SSSR count). The Bertz CT molecular complexity index is 1180. The van der Waals surface area contributed by atoms with E-state index in [4.69, 9.17) is 4.74 Å². The number of aromatic nitrogens is 4. The molecule has 2 heterocycles. The van der Waals surface area contributed by atoms with Crippen molar-refractivity contribution in [1.82, 2.24) is 24.6 Å². The number of benzene rings is 1. The van der Waals surface area contributed by atoms with Crippen LogP contribution in [0.2, 0.25) is 0 Å². The van der Waals surface area contributed by atoms with Gasteiger partial charge in [0.25, 0.3) is 11.1 Å². The number of carbonyl (C=O) groups is 1. The molecule has 0 spiro atoms. The van der Waals surface area contributed by atoms with Crippen LogP contribution in [0.4, 0.5) is 0 Å². The van der Waals surface area contributed by atoms with Crippen LogP contribution in [0.25, 0.3) is 11.3 Å². The van der Waals surface area contributed by atoms with Crippen molar-refractivity contribution in [1.29, 1.82) is 0 Å². The van der Waals surface area contributed by atoms with Crippen molar-refractivity contribution in [3.8, 4) is 17.0 Å². The van der Waals surface area contributed by atoms with Crippen molar-refractivity contribution < 1.29 is 9.53 Å². The first-order valence-electron chi connectivity index (χ1n) is 10.5. The maximum absolute atomic E-state index is 12.2. The molecular formula is C23H27N5O4. The Morgan fingerprint density at radius 2 is 1.84 bits per heavy atom. The number of nitrogens with one attached hydrogen (secondary N) is 1. The maximum atomic E-state index is 12.2. The van der Waals surface area contributed by atoms with Gasteiger partial charge in [-0.3, -0.25) is 19.0 Å². The van der Waals surface area contributed by atoms with Crippen LogP contribution in [-0.2, 0) is 17.9 Å². The van der Waals surface area contributed by atoms with E-state index in [2.05, 4.69) is 15.4 Å². The zero-order valence-corrected chi connectivity index (χ0v) is 18.4. The fourth-order valence-corrected chi connectivity index (χ4v) is 3.04. The third kappa shape index (κ3) is 5.90. The molecule has 0 unspecified atom stereocenters. The molecule has 0 atom stereocenters. The lowest BCUT2D eigenvalue weighted by Gasteiger charge is -2.10.